The first-order chi connectivity index (χ1) is 7.29. The maximum absolute atomic E-state index is 2.38. The van der Waals surface area contributed by atoms with Crippen LogP contribution in [0.3, 0.4) is 0 Å². The van der Waals surface area contributed by atoms with Gasteiger partial charge in [0.25, 0.3) is 0 Å². The third kappa shape index (κ3) is 2.96. The van der Waals surface area contributed by atoms with Crippen molar-refractivity contribution < 1.29 is 0 Å². The van der Waals surface area contributed by atoms with E-state index >= 15 is 0 Å². The van der Waals surface area contributed by atoms with Crippen LogP contribution in [0.2, 0.25) is 0 Å². The summed E-state index contributed by atoms with van der Waals surface area (Å²) in [6, 6.07) is 9.11. The van der Waals surface area contributed by atoms with E-state index in [1.807, 2.05) is 0 Å². The molecule has 1 aliphatic rings. The normalized spacial score (nSPS) is 26.5. The molecule has 0 saturated heterocycles. The molecule has 0 heterocycles. The molecule has 0 atom stereocenters. The van der Waals surface area contributed by atoms with Crippen LogP contribution in [0.15, 0.2) is 24.3 Å². The Balaban J connectivity index is 1.98. The fraction of sp³-hybridized carbons (Fsp3) is 0.571. The summed E-state index contributed by atoms with van der Waals surface area (Å²) in [5.74, 6) is 1.84. The molecular weight excluding hydrogens is 295 g/mol. The summed E-state index contributed by atoms with van der Waals surface area (Å²) in [6.07, 6.45) is 7.05. The van der Waals surface area contributed by atoms with Gasteiger partial charge in [-0.2, -0.15) is 0 Å². The molecule has 15 heavy (non-hydrogen) atoms. The Kier molecular flexibility index (Phi) is 4.06. The van der Waals surface area contributed by atoms with Gasteiger partial charge in [-0.25, -0.2) is 0 Å². The van der Waals surface area contributed by atoms with Gasteiger partial charge in [-0.05, 0) is 77.8 Å². The lowest BCUT2D eigenvalue weighted by Crippen LogP contribution is -2.12. The first-order valence-electron chi connectivity index (χ1n) is 6.05. The van der Waals surface area contributed by atoms with E-state index in [-0.39, 0.29) is 0 Å². The van der Waals surface area contributed by atoms with Crippen LogP contribution in [-0.2, 0) is 0 Å². The zero-order chi connectivity index (χ0) is 10.7. The van der Waals surface area contributed by atoms with Crippen molar-refractivity contribution in [2.24, 2.45) is 5.92 Å². The molecule has 0 bridgehead atoms. The fourth-order valence-electron chi connectivity index (χ4n) is 2.64. The van der Waals surface area contributed by atoms with Crippen LogP contribution in [0.25, 0.3) is 0 Å². The highest BCUT2D eigenvalue weighted by molar-refractivity contribution is 14.1. The standard InChI is InChI=1S/C14H19I/c1-2-11-3-5-12(6-4-11)13-7-9-14(15)10-8-13/h7-12H,2-6H2,1H3. The van der Waals surface area contributed by atoms with Gasteiger partial charge in [0.05, 0.1) is 0 Å². The smallest absolute Gasteiger partial charge is 0.0130 e. The van der Waals surface area contributed by atoms with Crippen molar-refractivity contribution in [1.82, 2.24) is 0 Å². The van der Waals surface area contributed by atoms with Crippen molar-refractivity contribution in [3.8, 4) is 0 Å². The van der Waals surface area contributed by atoms with E-state index in [1.165, 1.54) is 35.7 Å². The van der Waals surface area contributed by atoms with Crippen LogP contribution in [-0.4, -0.2) is 0 Å². The number of hydrogen-bond donors (Lipinski definition) is 0. The topological polar surface area (TPSA) is 0 Å². The maximum Gasteiger partial charge on any atom is 0.0130 e. The molecule has 0 nitrogen and oxygen atoms in total. The molecule has 0 amide bonds. The van der Waals surface area contributed by atoms with Crippen molar-refractivity contribution in [3.05, 3.63) is 33.4 Å². The molecule has 2 rings (SSSR count). The summed E-state index contributed by atoms with van der Waals surface area (Å²) in [7, 11) is 0. The van der Waals surface area contributed by atoms with Gasteiger partial charge >= 0.3 is 0 Å². The van der Waals surface area contributed by atoms with Gasteiger partial charge < -0.3 is 0 Å². The van der Waals surface area contributed by atoms with E-state index in [0.717, 1.165) is 11.8 Å². The minimum atomic E-state index is 0.838. The monoisotopic (exact) mass is 314 g/mol. The molecule has 0 N–H and O–H groups in total. The van der Waals surface area contributed by atoms with Crippen molar-refractivity contribution in [3.63, 3.8) is 0 Å². The van der Waals surface area contributed by atoms with Crippen LogP contribution in [0.5, 0.6) is 0 Å². The van der Waals surface area contributed by atoms with Gasteiger partial charge in [0.1, 0.15) is 0 Å². The zero-order valence-corrected chi connectivity index (χ0v) is 11.5. The third-order valence-corrected chi connectivity index (χ3v) is 4.48. The minimum Gasteiger partial charge on any atom is -0.0651 e. The van der Waals surface area contributed by atoms with Crippen molar-refractivity contribution in [2.45, 2.75) is 44.9 Å². The first-order valence-corrected chi connectivity index (χ1v) is 7.13. The van der Waals surface area contributed by atoms with Crippen molar-refractivity contribution >= 4 is 22.6 Å². The summed E-state index contributed by atoms with van der Waals surface area (Å²) in [5.41, 5.74) is 1.56. The molecule has 1 heteroatoms. The van der Waals surface area contributed by atoms with Gasteiger partial charge in [-0.3, -0.25) is 0 Å². The molecule has 1 aromatic carbocycles. The molecule has 1 aliphatic carbocycles. The molecule has 1 fully saturated rings. The van der Waals surface area contributed by atoms with Crippen LogP contribution in [0.1, 0.15) is 50.5 Å². The minimum absolute atomic E-state index is 0.838. The highest BCUT2D eigenvalue weighted by Gasteiger charge is 2.20. The SMILES string of the molecule is CCC1CCC(c2ccc(I)cc2)CC1. The summed E-state index contributed by atoms with van der Waals surface area (Å²) in [5, 5.41) is 0. The van der Waals surface area contributed by atoms with E-state index < -0.39 is 0 Å². The fourth-order valence-corrected chi connectivity index (χ4v) is 3.00. The third-order valence-electron chi connectivity index (χ3n) is 3.77. The van der Waals surface area contributed by atoms with Gasteiger partial charge in [0, 0.05) is 3.57 Å². The average molecular weight is 314 g/mol. The first kappa shape index (κ1) is 11.4. The summed E-state index contributed by atoms with van der Waals surface area (Å²) in [4.78, 5) is 0. The highest BCUT2D eigenvalue weighted by atomic mass is 127. The summed E-state index contributed by atoms with van der Waals surface area (Å²) >= 11 is 2.38. The van der Waals surface area contributed by atoms with E-state index in [4.69, 9.17) is 0 Å². The van der Waals surface area contributed by atoms with Crippen LogP contribution < -0.4 is 0 Å². The lowest BCUT2D eigenvalue weighted by Gasteiger charge is -2.28. The Hall–Kier alpha value is -0.0500. The van der Waals surface area contributed by atoms with Gasteiger partial charge in [-0.15, -0.1) is 0 Å². The Morgan fingerprint density at radius 1 is 1.07 bits per heavy atom. The molecular formula is C14H19I. The zero-order valence-electron chi connectivity index (χ0n) is 9.38. The van der Waals surface area contributed by atoms with Gasteiger partial charge in [0.15, 0.2) is 0 Å². The molecule has 82 valence electrons. The molecule has 0 radical (unpaired) electrons. The number of halogens is 1. The number of rotatable bonds is 2. The maximum atomic E-state index is 2.38. The second kappa shape index (κ2) is 5.33. The molecule has 0 aliphatic heterocycles. The molecule has 0 aromatic heterocycles. The predicted molar refractivity (Wildman–Crippen MR) is 74.1 cm³/mol. The molecule has 0 spiro atoms. The van der Waals surface area contributed by atoms with Gasteiger partial charge in [-0.1, -0.05) is 25.5 Å². The molecule has 1 aromatic rings. The van der Waals surface area contributed by atoms with Crippen molar-refractivity contribution in [2.75, 3.05) is 0 Å². The highest BCUT2D eigenvalue weighted by Crippen LogP contribution is 2.36. The van der Waals surface area contributed by atoms with E-state index in [0.29, 0.717) is 0 Å². The van der Waals surface area contributed by atoms with E-state index in [2.05, 4.69) is 53.8 Å². The van der Waals surface area contributed by atoms with Crippen LogP contribution in [0.4, 0.5) is 0 Å². The second-order valence-corrected chi connectivity index (χ2v) is 5.92. The Morgan fingerprint density at radius 2 is 1.67 bits per heavy atom. The summed E-state index contributed by atoms with van der Waals surface area (Å²) in [6.45, 7) is 2.33. The number of benzene rings is 1. The Morgan fingerprint density at radius 3 is 2.20 bits per heavy atom. The summed E-state index contributed by atoms with van der Waals surface area (Å²) < 4.78 is 1.35. The molecule has 1 saturated carbocycles. The Labute approximate surface area is 107 Å². The molecule has 0 unspecified atom stereocenters. The van der Waals surface area contributed by atoms with Gasteiger partial charge in [0.2, 0.25) is 0 Å². The average Bonchev–Trinajstić information content (AvgIpc) is 2.30. The quantitative estimate of drug-likeness (QED) is 0.676. The Bertz CT molecular complexity index is 294. The van der Waals surface area contributed by atoms with Crippen LogP contribution in [0, 0.1) is 9.49 Å². The lowest BCUT2D eigenvalue weighted by molar-refractivity contribution is 0.319. The number of hydrogen-bond acceptors (Lipinski definition) is 0. The van der Waals surface area contributed by atoms with Crippen LogP contribution >= 0.6 is 22.6 Å². The second-order valence-electron chi connectivity index (χ2n) is 4.68. The van der Waals surface area contributed by atoms with E-state index in [9.17, 15) is 0 Å². The largest absolute Gasteiger partial charge is 0.0651 e. The lowest BCUT2D eigenvalue weighted by atomic mass is 9.78. The predicted octanol–water partition coefficient (Wildman–Crippen LogP) is 4.98. The van der Waals surface area contributed by atoms with Crippen molar-refractivity contribution in [1.29, 1.82) is 0 Å². The van der Waals surface area contributed by atoms with E-state index in [1.54, 1.807) is 5.56 Å².